The Labute approximate surface area is 165 Å². The Morgan fingerprint density at radius 2 is 1.96 bits per heavy atom. The lowest BCUT2D eigenvalue weighted by Gasteiger charge is -2.25. The van der Waals surface area contributed by atoms with Crippen LogP contribution in [0.25, 0.3) is 0 Å². The van der Waals surface area contributed by atoms with E-state index in [9.17, 15) is 14.4 Å². The Kier molecular flexibility index (Phi) is 4.86. The number of nitrogens with two attached hydrogens (primary N) is 1. The zero-order valence-electron chi connectivity index (χ0n) is 14.8. The fourth-order valence-corrected chi connectivity index (χ4v) is 3.45. The third-order valence-electron chi connectivity index (χ3n) is 4.38. The van der Waals surface area contributed by atoms with Gasteiger partial charge in [0.15, 0.2) is 0 Å². The normalized spacial score (nSPS) is 16.8. The number of primary amides is 1. The summed E-state index contributed by atoms with van der Waals surface area (Å²) >= 11 is 1.04. The fourth-order valence-electron chi connectivity index (χ4n) is 2.76. The molecule has 0 unspecified atom stereocenters. The van der Waals surface area contributed by atoms with Gasteiger partial charge in [-0.2, -0.15) is 4.98 Å². The van der Waals surface area contributed by atoms with Gasteiger partial charge in [0, 0.05) is 35.9 Å². The van der Waals surface area contributed by atoms with E-state index in [1.165, 1.54) is 11.1 Å². The lowest BCUT2D eigenvalue weighted by atomic mass is 10.2. The largest absolute Gasteiger partial charge is 0.367 e. The van der Waals surface area contributed by atoms with Gasteiger partial charge in [0.1, 0.15) is 5.82 Å². The van der Waals surface area contributed by atoms with Crippen molar-refractivity contribution in [3.63, 3.8) is 0 Å². The van der Waals surface area contributed by atoms with Crippen LogP contribution in [0.3, 0.4) is 0 Å². The highest BCUT2D eigenvalue weighted by atomic mass is 32.2. The van der Waals surface area contributed by atoms with Gasteiger partial charge in [0.05, 0.1) is 5.56 Å². The van der Waals surface area contributed by atoms with Gasteiger partial charge >= 0.3 is 5.91 Å². The third-order valence-corrected chi connectivity index (χ3v) is 5.20. The van der Waals surface area contributed by atoms with E-state index in [1.807, 2.05) is 0 Å². The van der Waals surface area contributed by atoms with Crippen LogP contribution in [0.15, 0.2) is 30.5 Å². The zero-order chi connectivity index (χ0) is 19.7. The Bertz CT molecular complexity index is 945. The molecule has 1 saturated carbocycles. The predicted molar refractivity (Wildman–Crippen MR) is 107 cm³/mol. The van der Waals surface area contributed by atoms with E-state index >= 15 is 0 Å². The van der Waals surface area contributed by atoms with Gasteiger partial charge in [-0.15, -0.1) is 0 Å². The molecule has 144 valence electrons. The average molecular weight is 398 g/mol. The number of carbonyl (C=O) groups excluding carboxylic acids is 3. The van der Waals surface area contributed by atoms with Gasteiger partial charge in [0.2, 0.25) is 5.95 Å². The van der Waals surface area contributed by atoms with Gasteiger partial charge in [-0.1, -0.05) is 11.8 Å². The molecule has 1 aromatic carbocycles. The molecule has 2 aliphatic rings. The van der Waals surface area contributed by atoms with Crippen molar-refractivity contribution in [2.75, 3.05) is 27.8 Å². The minimum absolute atomic E-state index is 0.249. The number of anilines is 4. The minimum Gasteiger partial charge on any atom is -0.367 e. The quantitative estimate of drug-likeness (QED) is 0.624. The van der Waals surface area contributed by atoms with Gasteiger partial charge in [-0.05, 0) is 37.1 Å². The first-order valence-electron chi connectivity index (χ1n) is 8.80. The van der Waals surface area contributed by atoms with Crippen LogP contribution in [0.2, 0.25) is 0 Å². The SMILES string of the molecule is NC(=O)c1cnc(Nc2ccc(N3CCSC(=O)C3=O)cc2)nc1NC1CC1. The summed E-state index contributed by atoms with van der Waals surface area (Å²) in [7, 11) is 0. The molecule has 1 saturated heterocycles. The highest BCUT2D eigenvalue weighted by Crippen LogP contribution is 2.27. The fraction of sp³-hybridized carbons (Fsp3) is 0.278. The van der Waals surface area contributed by atoms with E-state index in [2.05, 4.69) is 20.6 Å². The van der Waals surface area contributed by atoms with Crippen LogP contribution in [-0.2, 0) is 9.59 Å². The molecular weight excluding hydrogens is 380 g/mol. The maximum absolute atomic E-state index is 12.0. The van der Waals surface area contributed by atoms with E-state index < -0.39 is 16.9 Å². The number of nitrogens with zero attached hydrogens (tertiary/aromatic N) is 3. The topological polar surface area (TPSA) is 130 Å². The summed E-state index contributed by atoms with van der Waals surface area (Å²) in [6.45, 7) is 0.496. The maximum atomic E-state index is 12.0. The van der Waals surface area contributed by atoms with E-state index in [-0.39, 0.29) is 5.56 Å². The molecule has 1 aliphatic heterocycles. The summed E-state index contributed by atoms with van der Waals surface area (Å²) < 4.78 is 0. The number of hydrogen-bond acceptors (Lipinski definition) is 8. The van der Waals surface area contributed by atoms with Gasteiger partial charge < -0.3 is 21.3 Å². The number of aromatic nitrogens is 2. The van der Waals surface area contributed by atoms with Crippen molar-refractivity contribution < 1.29 is 14.4 Å². The second kappa shape index (κ2) is 7.47. The molecule has 2 amide bonds. The molecule has 2 aromatic rings. The van der Waals surface area contributed by atoms with Crippen LogP contribution in [0.1, 0.15) is 23.2 Å². The molecule has 0 atom stereocenters. The summed E-state index contributed by atoms with van der Waals surface area (Å²) in [6.07, 6.45) is 3.46. The molecule has 4 N–H and O–H groups in total. The zero-order valence-corrected chi connectivity index (χ0v) is 15.7. The van der Waals surface area contributed by atoms with Gasteiger partial charge in [-0.3, -0.25) is 14.4 Å². The van der Waals surface area contributed by atoms with Crippen LogP contribution in [0, 0.1) is 0 Å². The molecule has 1 aromatic heterocycles. The first-order valence-corrected chi connectivity index (χ1v) is 9.79. The number of rotatable bonds is 6. The van der Waals surface area contributed by atoms with Crippen molar-refractivity contribution in [3.05, 3.63) is 36.0 Å². The van der Waals surface area contributed by atoms with Crippen LogP contribution in [0.4, 0.5) is 23.1 Å². The van der Waals surface area contributed by atoms with Crippen molar-refractivity contribution in [2.45, 2.75) is 18.9 Å². The monoisotopic (exact) mass is 398 g/mol. The van der Waals surface area contributed by atoms with Crippen LogP contribution in [0.5, 0.6) is 0 Å². The Balaban J connectivity index is 1.50. The number of nitrogens with one attached hydrogen (secondary N) is 2. The maximum Gasteiger partial charge on any atom is 0.305 e. The van der Waals surface area contributed by atoms with Gasteiger partial charge in [0.25, 0.3) is 11.0 Å². The molecule has 4 rings (SSSR count). The molecule has 0 radical (unpaired) electrons. The molecule has 2 heterocycles. The van der Waals surface area contributed by atoms with Crippen molar-refractivity contribution in [2.24, 2.45) is 5.73 Å². The number of benzene rings is 1. The molecule has 0 spiro atoms. The van der Waals surface area contributed by atoms with E-state index in [0.717, 1.165) is 24.6 Å². The third kappa shape index (κ3) is 3.91. The number of amides is 2. The highest BCUT2D eigenvalue weighted by molar-refractivity contribution is 8.15. The number of hydrogen-bond donors (Lipinski definition) is 3. The average Bonchev–Trinajstić information content (AvgIpc) is 3.49. The van der Waals surface area contributed by atoms with Crippen LogP contribution >= 0.6 is 11.8 Å². The standard InChI is InChI=1S/C18H18N6O3S/c19-14(25)13-9-20-18(23-15(13)21-10-1-2-10)22-11-3-5-12(6-4-11)24-7-8-28-17(27)16(24)26/h3-6,9-10H,1-2,7-8H2,(H2,19,25)(H2,20,21,22,23). The summed E-state index contributed by atoms with van der Waals surface area (Å²) in [5.74, 6) is 0.234. The summed E-state index contributed by atoms with van der Waals surface area (Å²) in [6, 6.07) is 7.36. The highest BCUT2D eigenvalue weighted by Gasteiger charge is 2.28. The van der Waals surface area contributed by atoms with E-state index in [4.69, 9.17) is 5.73 Å². The first kappa shape index (κ1) is 18.2. The molecule has 1 aliphatic carbocycles. The Morgan fingerprint density at radius 3 is 2.64 bits per heavy atom. The minimum atomic E-state index is -0.585. The Morgan fingerprint density at radius 1 is 1.21 bits per heavy atom. The molecule has 2 fully saturated rings. The summed E-state index contributed by atoms with van der Waals surface area (Å²) in [4.78, 5) is 45.1. The smallest absolute Gasteiger partial charge is 0.305 e. The summed E-state index contributed by atoms with van der Waals surface area (Å²) in [5.41, 5.74) is 7.00. The van der Waals surface area contributed by atoms with Gasteiger partial charge in [-0.25, -0.2) is 4.98 Å². The van der Waals surface area contributed by atoms with E-state index in [1.54, 1.807) is 24.3 Å². The number of carbonyl (C=O) groups is 3. The second-order valence-corrected chi connectivity index (χ2v) is 7.57. The summed E-state index contributed by atoms with van der Waals surface area (Å²) in [5, 5.41) is 5.81. The van der Waals surface area contributed by atoms with Crippen molar-refractivity contribution in [3.8, 4) is 0 Å². The first-order chi connectivity index (χ1) is 13.5. The van der Waals surface area contributed by atoms with Crippen LogP contribution < -0.4 is 21.3 Å². The predicted octanol–water partition coefficient (Wildman–Crippen LogP) is 1.50. The number of thioether (sulfide) groups is 1. The van der Waals surface area contributed by atoms with Crippen molar-refractivity contribution >= 4 is 51.8 Å². The van der Waals surface area contributed by atoms with Crippen LogP contribution in [-0.4, -0.2) is 45.2 Å². The molecule has 9 nitrogen and oxygen atoms in total. The lowest BCUT2D eigenvalue weighted by Crippen LogP contribution is -2.41. The molecule has 28 heavy (non-hydrogen) atoms. The molecule has 10 heteroatoms. The molecule has 0 bridgehead atoms. The van der Waals surface area contributed by atoms with E-state index in [0.29, 0.717) is 41.5 Å². The lowest BCUT2D eigenvalue weighted by molar-refractivity contribution is -0.131. The second-order valence-electron chi connectivity index (χ2n) is 6.50. The molecular formula is C18H18N6O3S. The van der Waals surface area contributed by atoms with Crippen molar-refractivity contribution in [1.29, 1.82) is 0 Å². The Hall–Kier alpha value is -3.14. The van der Waals surface area contributed by atoms with Crippen molar-refractivity contribution in [1.82, 2.24) is 9.97 Å².